The molecule has 0 amide bonds. The maximum absolute atomic E-state index is 13.0. The van der Waals surface area contributed by atoms with Gasteiger partial charge >= 0.3 is 7.12 Å². The lowest BCUT2D eigenvalue weighted by atomic mass is 9.76. The molecule has 0 aliphatic rings. The highest BCUT2D eigenvalue weighted by Gasteiger charge is 2.20. The molecule has 30 heavy (non-hydrogen) atoms. The first-order valence-electron chi connectivity index (χ1n) is 9.91. The highest BCUT2D eigenvalue weighted by molar-refractivity contribution is 7.91. The molecule has 0 atom stereocenters. The summed E-state index contributed by atoms with van der Waals surface area (Å²) in [5, 5.41) is 22.9. The fourth-order valence-corrected chi connectivity index (χ4v) is 5.39. The molecule has 3 aromatic rings. The minimum absolute atomic E-state index is 0.0305. The third-order valence-electron chi connectivity index (χ3n) is 5.29. The Morgan fingerprint density at radius 2 is 1.77 bits per heavy atom. The van der Waals surface area contributed by atoms with Crippen molar-refractivity contribution >= 4 is 22.4 Å². The molecule has 6 nitrogen and oxygen atoms in total. The minimum Gasteiger partial charge on any atom is -0.423 e. The predicted octanol–water partition coefficient (Wildman–Crippen LogP) is 2.74. The third kappa shape index (κ3) is 4.83. The van der Waals surface area contributed by atoms with Crippen LogP contribution in [0.25, 0.3) is 11.1 Å². The number of benzene rings is 2. The van der Waals surface area contributed by atoms with Crippen LogP contribution in [0.2, 0.25) is 0 Å². The molecule has 1 heterocycles. The fraction of sp³-hybridized carbons (Fsp3) is 0.318. The first kappa shape index (κ1) is 22.3. The average molecular weight is 427 g/mol. The van der Waals surface area contributed by atoms with Crippen LogP contribution >= 0.6 is 0 Å². The average Bonchev–Trinajstić information content (AvgIpc) is 3.04. The number of hydrogen-bond donors (Lipinski definition) is 2. The van der Waals surface area contributed by atoms with E-state index in [1.54, 1.807) is 25.1 Å². The van der Waals surface area contributed by atoms with Crippen LogP contribution in [0.4, 0.5) is 0 Å². The molecule has 0 spiro atoms. The Morgan fingerprint density at radius 3 is 2.43 bits per heavy atom. The van der Waals surface area contributed by atoms with Crippen LogP contribution in [0.1, 0.15) is 35.4 Å². The Balaban J connectivity index is 1.73. The molecule has 0 aliphatic carbocycles. The molecule has 2 aromatic carbocycles. The fourth-order valence-electron chi connectivity index (χ4n) is 3.72. The molecule has 0 saturated heterocycles. The Hall–Kier alpha value is -2.42. The zero-order valence-electron chi connectivity index (χ0n) is 17.4. The van der Waals surface area contributed by atoms with Crippen molar-refractivity contribution < 1.29 is 23.0 Å². The highest BCUT2D eigenvalue weighted by Crippen LogP contribution is 2.30. The van der Waals surface area contributed by atoms with Crippen molar-refractivity contribution in [1.29, 1.82) is 0 Å². The van der Waals surface area contributed by atoms with E-state index in [0.29, 0.717) is 40.9 Å². The van der Waals surface area contributed by atoms with E-state index in [1.165, 1.54) is 0 Å². The molecule has 0 aliphatic heterocycles. The summed E-state index contributed by atoms with van der Waals surface area (Å²) < 4.78 is 31.2. The van der Waals surface area contributed by atoms with Gasteiger partial charge in [-0.25, -0.2) is 8.42 Å². The van der Waals surface area contributed by atoms with E-state index in [1.807, 2.05) is 38.1 Å². The maximum Gasteiger partial charge on any atom is 0.488 e. The van der Waals surface area contributed by atoms with Crippen LogP contribution in [-0.4, -0.2) is 36.5 Å². The van der Waals surface area contributed by atoms with Gasteiger partial charge in [0.1, 0.15) is 5.76 Å². The van der Waals surface area contributed by atoms with E-state index in [9.17, 15) is 18.5 Å². The predicted molar refractivity (Wildman–Crippen MR) is 117 cm³/mol. The first-order chi connectivity index (χ1) is 14.2. The smallest absolute Gasteiger partial charge is 0.423 e. The lowest BCUT2D eigenvalue weighted by molar-refractivity contribution is 0.393. The molecule has 0 bridgehead atoms. The van der Waals surface area contributed by atoms with Gasteiger partial charge in [0.25, 0.3) is 0 Å². The largest absolute Gasteiger partial charge is 0.488 e. The molecule has 0 saturated carbocycles. The number of nitrogens with zero attached hydrogens (tertiary/aromatic N) is 1. The molecular formula is C22H26BNO5S. The summed E-state index contributed by atoms with van der Waals surface area (Å²) in [4.78, 5) is 0.325. The van der Waals surface area contributed by atoms with Crippen molar-refractivity contribution in [2.75, 3.05) is 5.75 Å². The maximum atomic E-state index is 13.0. The lowest BCUT2D eigenvalue weighted by Gasteiger charge is -2.11. The number of hydrogen-bond acceptors (Lipinski definition) is 6. The van der Waals surface area contributed by atoms with E-state index in [2.05, 4.69) is 5.16 Å². The summed E-state index contributed by atoms with van der Waals surface area (Å²) in [5.41, 5.74) is 4.32. The van der Waals surface area contributed by atoms with Crippen LogP contribution in [0, 0.1) is 20.8 Å². The summed E-state index contributed by atoms with van der Waals surface area (Å²) in [5.74, 6) is 0.687. The summed E-state index contributed by atoms with van der Waals surface area (Å²) in [7, 11) is -4.99. The molecule has 8 heteroatoms. The quantitative estimate of drug-likeness (QED) is 0.424. The zero-order chi connectivity index (χ0) is 21.9. The third-order valence-corrected chi connectivity index (χ3v) is 7.22. The molecule has 1 aromatic heterocycles. The van der Waals surface area contributed by atoms with Crippen molar-refractivity contribution in [2.24, 2.45) is 0 Å². The number of aromatic nitrogens is 1. The van der Waals surface area contributed by atoms with Gasteiger partial charge in [0.05, 0.1) is 16.3 Å². The second kappa shape index (κ2) is 9.16. The van der Waals surface area contributed by atoms with Crippen molar-refractivity contribution in [1.82, 2.24) is 5.16 Å². The van der Waals surface area contributed by atoms with E-state index in [0.717, 1.165) is 22.4 Å². The Morgan fingerprint density at radius 1 is 1.03 bits per heavy atom. The topological polar surface area (TPSA) is 101 Å². The van der Waals surface area contributed by atoms with Crippen LogP contribution < -0.4 is 5.46 Å². The van der Waals surface area contributed by atoms with Crippen LogP contribution in [0.15, 0.2) is 51.9 Å². The molecule has 158 valence electrons. The van der Waals surface area contributed by atoms with Crippen LogP contribution in [0.3, 0.4) is 0 Å². The van der Waals surface area contributed by atoms with E-state index < -0.39 is 17.0 Å². The van der Waals surface area contributed by atoms with E-state index >= 15 is 0 Å². The molecule has 0 radical (unpaired) electrons. The van der Waals surface area contributed by atoms with Crippen molar-refractivity contribution in [3.8, 4) is 11.1 Å². The molecule has 3 rings (SSSR count). The van der Waals surface area contributed by atoms with Gasteiger partial charge in [0.2, 0.25) is 0 Å². The summed E-state index contributed by atoms with van der Waals surface area (Å²) >= 11 is 0. The Bertz CT molecular complexity index is 1120. The first-order valence-corrected chi connectivity index (χ1v) is 11.6. The Kier molecular flexibility index (Phi) is 6.80. The summed E-state index contributed by atoms with van der Waals surface area (Å²) in [6.45, 7) is 5.44. The number of unbranched alkanes of at least 4 members (excludes halogenated alkanes) is 1. The van der Waals surface area contributed by atoms with Gasteiger partial charge in [0.15, 0.2) is 9.84 Å². The van der Waals surface area contributed by atoms with Gasteiger partial charge in [-0.15, -0.1) is 0 Å². The molecular weight excluding hydrogens is 401 g/mol. The second-order valence-corrected chi connectivity index (χ2v) is 9.61. The van der Waals surface area contributed by atoms with Gasteiger partial charge in [-0.05, 0) is 68.3 Å². The monoisotopic (exact) mass is 427 g/mol. The zero-order valence-corrected chi connectivity index (χ0v) is 18.2. The second-order valence-electron chi connectivity index (χ2n) is 7.53. The van der Waals surface area contributed by atoms with Gasteiger partial charge in [-0.1, -0.05) is 41.6 Å². The number of aryl methyl sites for hydroxylation is 4. The number of sulfone groups is 1. The van der Waals surface area contributed by atoms with Crippen molar-refractivity contribution in [2.45, 2.75) is 44.9 Å². The van der Waals surface area contributed by atoms with Crippen molar-refractivity contribution in [3.05, 3.63) is 65.0 Å². The number of rotatable bonds is 8. The standard InChI is InChI=1S/C22H26BNO5S/c1-15-11-12-19(22-16(2)24-29-17(22)3)14-21(15)30(27,28)13-7-6-9-18-8-4-5-10-20(18)23(25)26/h4-5,8,10-12,14,25-26H,6-7,9,13H2,1-3H3. The highest BCUT2D eigenvalue weighted by atomic mass is 32.2. The van der Waals surface area contributed by atoms with E-state index in [-0.39, 0.29) is 5.75 Å². The van der Waals surface area contributed by atoms with Crippen molar-refractivity contribution in [3.63, 3.8) is 0 Å². The molecule has 0 fully saturated rings. The van der Waals surface area contributed by atoms with Gasteiger partial charge in [-0.3, -0.25) is 0 Å². The Labute approximate surface area is 177 Å². The van der Waals surface area contributed by atoms with Gasteiger partial charge in [0, 0.05) is 5.56 Å². The van der Waals surface area contributed by atoms with Gasteiger partial charge < -0.3 is 14.6 Å². The van der Waals surface area contributed by atoms with Crippen LogP contribution in [-0.2, 0) is 16.3 Å². The van der Waals surface area contributed by atoms with Gasteiger partial charge in [-0.2, -0.15) is 0 Å². The molecule has 0 unspecified atom stereocenters. The summed E-state index contributed by atoms with van der Waals surface area (Å²) in [6.07, 6.45) is 1.69. The normalized spacial score (nSPS) is 11.6. The van der Waals surface area contributed by atoms with Crippen LogP contribution in [0.5, 0.6) is 0 Å². The summed E-state index contributed by atoms with van der Waals surface area (Å²) in [6, 6.07) is 12.5. The van der Waals surface area contributed by atoms with E-state index in [4.69, 9.17) is 4.52 Å². The minimum atomic E-state index is -3.46. The molecule has 2 N–H and O–H groups in total. The lowest BCUT2D eigenvalue weighted by Crippen LogP contribution is -2.32. The SMILES string of the molecule is Cc1ccc(-c2c(C)noc2C)cc1S(=O)(=O)CCCCc1ccccc1B(O)O.